The second kappa shape index (κ2) is 2.94. The predicted molar refractivity (Wildman–Crippen MR) is 47.7 cm³/mol. The zero-order chi connectivity index (χ0) is 9.42. The topological polar surface area (TPSA) is 47.8 Å². The number of nitrogens with zero attached hydrogens (tertiary/aromatic N) is 3. The summed E-state index contributed by atoms with van der Waals surface area (Å²) in [6.07, 6.45) is 2.46. The van der Waals surface area contributed by atoms with E-state index in [-0.39, 0.29) is 11.8 Å². The molecule has 1 aliphatic rings. The summed E-state index contributed by atoms with van der Waals surface area (Å²) in [4.78, 5) is 11.6. The molecule has 0 radical (unpaired) electrons. The van der Waals surface area contributed by atoms with Crippen LogP contribution in [-0.2, 0) is 6.42 Å². The summed E-state index contributed by atoms with van der Waals surface area (Å²) in [5.41, 5.74) is 1.62. The van der Waals surface area contributed by atoms with Gasteiger partial charge in [-0.3, -0.25) is 4.79 Å². The minimum atomic E-state index is 0.194. The molecule has 0 saturated carbocycles. The van der Waals surface area contributed by atoms with E-state index < -0.39 is 0 Å². The Bertz CT molecular complexity index is 341. The van der Waals surface area contributed by atoms with Crippen LogP contribution in [0.25, 0.3) is 0 Å². The van der Waals surface area contributed by atoms with Gasteiger partial charge in [0.15, 0.2) is 5.78 Å². The standard InChI is InChI=1S/C9H13N3O/c1-6(2)12-9-7(10-11-12)4-3-5-8(9)13/h6H,3-5H2,1-2H3. The fraction of sp³-hybridized carbons (Fsp3) is 0.667. The van der Waals surface area contributed by atoms with Gasteiger partial charge in [-0.1, -0.05) is 5.21 Å². The average molecular weight is 179 g/mol. The van der Waals surface area contributed by atoms with Crippen LogP contribution >= 0.6 is 0 Å². The van der Waals surface area contributed by atoms with Gasteiger partial charge in [0.05, 0.1) is 5.69 Å². The van der Waals surface area contributed by atoms with E-state index in [0.29, 0.717) is 6.42 Å². The van der Waals surface area contributed by atoms with E-state index in [9.17, 15) is 4.79 Å². The maximum absolute atomic E-state index is 11.6. The first-order valence-corrected chi connectivity index (χ1v) is 4.67. The van der Waals surface area contributed by atoms with Crippen LogP contribution in [0.4, 0.5) is 0 Å². The van der Waals surface area contributed by atoms with Crippen molar-refractivity contribution in [3.8, 4) is 0 Å². The van der Waals surface area contributed by atoms with E-state index in [1.54, 1.807) is 4.68 Å². The lowest BCUT2D eigenvalue weighted by atomic mass is 9.99. The van der Waals surface area contributed by atoms with Crippen molar-refractivity contribution < 1.29 is 4.79 Å². The monoisotopic (exact) mass is 179 g/mol. The molecule has 0 aliphatic heterocycles. The molecular formula is C9H13N3O. The number of hydrogen-bond donors (Lipinski definition) is 0. The molecule has 70 valence electrons. The van der Waals surface area contributed by atoms with Crippen molar-refractivity contribution in [1.82, 2.24) is 15.0 Å². The highest BCUT2D eigenvalue weighted by Gasteiger charge is 2.24. The van der Waals surface area contributed by atoms with Crippen molar-refractivity contribution in [3.05, 3.63) is 11.4 Å². The van der Waals surface area contributed by atoms with E-state index >= 15 is 0 Å². The molecule has 1 aliphatic carbocycles. The summed E-state index contributed by atoms with van der Waals surface area (Å²) < 4.78 is 1.73. The zero-order valence-corrected chi connectivity index (χ0v) is 7.95. The van der Waals surface area contributed by atoms with Gasteiger partial charge < -0.3 is 0 Å². The van der Waals surface area contributed by atoms with Gasteiger partial charge >= 0.3 is 0 Å². The number of ketones is 1. The fourth-order valence-electron chi connectivity index (χ4n) is 1.68. The van der Waals surface area contributed by atoms with Crippen molar-refractivity contribution in [3.63, 3.8) is 0 Å². The van der Waals surface area contributed by atoms with Crippen LogP contribution in [0.15, 0.2) is 0 Å². The summed E-state index contributed by atoms with van der Waals surface area (Å²) in [5.74, 6) is 0.194. The Balaban J connectivity index is 2.50. The summed E-state index contributed by atoms with van der Waals surface area (Å²) in [6.45, 7) is 4.02. The summed E-state index contributed by atoms with van der Waals surface area (Å²) in [7, 11) is 0. The van der Waals surface area contributed by atoms with Crippen LogP contribution in [0.5, 0.6) is 0 Å². The second-order valence-electron chi connectivity index (χ2n) is 3.70. The summed E-state index contributed by atoms with van der Waals surface area (Å²) >= 11 is 0. The Morgan fingerprint density at radius 3 is 2.85 bits per heavy atom. The van der Waals surface area contributed by atoms with Crippen LogP contribution in [-0.4, -0.2) is 20.8 Å². The maximum Gasteiger partial charge on any atom is 0.182 e. The number of fused-ring (bicyclic) bond motifs is 1. The van der Waals surface area contributed by atoms with Crippen LogP contribution in [0.2, 0.25) is 0 Å². The minimum Gasteiger partial charge on any atom is -0.292 e. The largest absolute Gasteiger partial charge is 0.292 e. The second-order valence-corrected chi connectivity index (χ2v) is 3.70. The SMILES string of the molecule is CC(C)n1nnc2c1C(=O)CCC2. The molecule has 2 rings (SSSR count). The molecule has 0 amide bonds. The number of aryl methyl sites for hydroxylation is 1. The number of aromatic nitrogens is 3. The Morgan fingerprint density at radius 1 is 1.38 bits per heavy atom. The first kappa shape index (κ1) is 8.41. The average Bonchev–Trinajstić information content (AvgIpc) is 2.49. The van der Waals surface area contributed by atoms with Crippen molar-refractivity contribution in [1.29, 1.82) is 0 Å². The highest BCUT2D eigenvalue weighted by atomic mass is 16.1. The van der Waals surface area contributed by atoms with Gasteiger partial charge in [-0.2, -0.15) is 0 Å². The number of carbonyl (C=O) groups excluding carboxylic acids is 1. The fourth-order valence-corrected chi connectivity index (χ4v) is 1.68. The molecule has 0 fully saturated rings. The molecule has 0 N–H and O–H groups in total. The molecule has 0 bridgehead atoms. The van der Waals surface area contributed by atoms with E-state index in [1.165, 1.54) is 0 Å². The zero-order valence-electron chi connectivity index (χ0n) is 7.95. The van der Waals surface area contributed by atoms with Crippen molar-refractivity contribution in [2.45, 2.75) is 39.2 Å². The van der Waals surface area contributed by atoms with E-state index in [1.807, 2.05) is 13.8 Å². The highest BCUT2D eigenvalue weighted by molar-refractivity contribution is 5.96. The van der Waals surface area contributed by atoms with Gasteiger partial charge in [0.2, 0.25) is 0 Å². The molecule has 4 heteroatoms. The van der Waals surface area contributed by atoms with Crippen LogP contribution in [0.1, 0.15) is 48.9 Å². The van der Waals surface area contributed by atoms with E-state index in [2.05, 4.69) is 10.3 Å². The lowest BCUT2D eigenvalue weighted by Crippen LogP contribution is -2.17. The number of rotatable bonds is 1. The van der Waals surface area contributed by atoms with Crippen molar-refractivity contribution in [2.24, 2.45) is 0 Å². The van der Waals surface area contributed by atoms with Crippen LogP contribution < -0.4 is 0 Å². The number of hydrogen-bond acceptors (Lipinski definition) is 3. The van der Waals surface area contributed by atoms with Gasteiger partial charge in [-0.05, 0) is 26.7 Å². The van der Waals surface area contributed by atoms with Gasteiger partial charge in [0.1, 0.15) is 5.69 Å². The van der Waals surface area contributed by atoms with E-state index in [0.717, 1.165) is 24.2 Å². The molecule has 0 spiro atoms. The van der Waals surface area contributed by atoms with Crippen LogP contribution in [0, 0.1) is 0 Å². The van der Waals surface area contributed by atoms with Crippen molar-refractivity contribution >= 4 is 5.78 Å². The van der Waals surface area contributed by atoms with Gasteiger partial charge in [0.25, 0.3) is 0 Å². The Labute approximate surface area is 76.9 Å². The van der Waals surface area contributed by atoms with Gasteiger partial charge in [-0.15, -0.1) is 5.10 Å². The predicted octanol–water partition coefficient (Wildman–Crippen LogP) is 1.38. The lowest BCUT2D eigenvalue weighted by molar-refractivity contribution is 0.0959. The first-order chi connectivity index (χ1) is 6.20. The van der Waals surface area contributed by atoms with E-state index in [4.69, 9.17) is 0 Å². The third-order valence-electron chi connectivity index (χ3n) is 2.33. The molecule has 1 heterocycles. The molecule has 0 unspecified atom stereocenters. The molecule has 13 heavy (non-hydrogen) atoms. The molecule has 0 aromatic carbocycles. The Morgan fingerprint density at radius 2 is 2.15 bits per heavy atom. The van der Waals surface area contributed by atoms with Gasteiger partial charge in [-0.25, -0.2) is 4.68 Å². The van der Waals surface area contributed by atoms with Crippen LogP contribution in [0.3, 0.4) is 0 Å². The summed E-state index contributed by atoms with van der Waals surface area (Å²) in [6, 6.07) is 0.221. The number of carbonyl (C=O) groups is 1. The normalized spacial score (nSPS) is 16.4. The first-order valence-electron chi connectivity index (χ1n) is 4.67. The molecule has 4 nitrogen and oxygen atoms in total. The van der Waals surface area contributed by atoms with Gasteiger partial charge in [0, 0.05) is 12.5 Å². The molecular weight excluding hydrogens is 166 g/mol. The summed E-state index contributed by atoms with van der Waals surface area (Å²) in [5, 5.41) is 8.01. The third-order valence-corrected chi connectivity index (χ3v) is 2.33. The van der Waals surface area contributed by atoms with Crippen molar-refractivity contribution in [2.75, 3.05) is 0 Å². The molecule has 1 aromatic heterocycles. The Kier molecular flexibility index (Phi) is 1.90. The smallest absolute Gasteiger partial charge is 0.182 e. The number of Topliss-reactive ketones (excluding diaryl/α,β-unsaturated/α-hetero) is 1. The molecule has 1 aromatic rings. The Hall–Kier alpha value is -1.19. The minimum absolute atomic E-state index is 0.194. The third kappa shape index (κ3) is 1.26. The lowest BCUT2D eigenvalue weighted by Gasteiger charge is -2.12. The molecule has 0 atom stereocenters. The maximum atomic E-state index is 11.6. The highest BCUT2D eigenvalue weighted by Crippen LogP contribution is 2.20. The quantitative estimate of drug-likeness (QED) is 0.654. The molecule has 0 saturated heterocycles.